The number of carbonyl (C=O) groups is 1. The minimum atomic E-state index is -0.436. The van der Waals surface area contributed by atoms with Crippen molar-refractivity contribution < 1.29 is 9.18 Å². The highest BCUT2D eigenvalue weighted by Crippen LogP contribution is 2.37. The molecule has 1 aliphatic heterocycles. The van der Waals surface area contributed by atoms with Crippen molar-refractivity contribution in [1.29, 1.82) is 0 Å². The highest BCUT2D eigenvalue weighted by molar-refractivity contribution is 6.02. The molecule has 0 saturated heterocycles. The molecule has 2 aliphatic rings. The summed E-state index contributed by atoms with van der Waals surface area (Å²) in [5.74, 6) is 1.20. The van der Waals surface area contributed by atoms with Gasteiger partial charge < -0.3 is 10.2 Å². The fourth-order valence-electron chi connectivity index (χ4n) is 4.46. The molecule has 0 unspecified atom stereocenters. The first-order valence-electron chi connectivity index (χ1n) is 10.3. The molecular formula is C21H22FN7O. The molecule has 1 fully saturated rings. The molecule has 154 valence electrons. The van der Waals surface area contributed by atoms with Gasteiger partial charge in [-0.2, -0.15) is 4.98 Å². The number of hydrogen-bond acceptors (Lipinski definition) is 6. The van der Waals surface area contributed by atoms with Gasteiger partial charge in [-0.25, -0.2) is 14.4 Å². The number of anilines is 2. The lowest BCUT2D eigenvalue weighted by Gasteiger charge is -2.40. The van der Waals surface area contributed by atoms with E-state index in [1.54, 1.807) is 29.4 Å². The van der Waals surface area contributed by atoms with Crippen LogP contribution >= 0.6 is 0 Å². The van der Waals surface area contributed by atoms with Gasteiger partial charge in [-0.3, -0.25) is 14.3 Å². The van der Waals surface area contributed by atoms with E-state index in [0.717, 1.165) is 37.7 Å². The van der Waals surface area contributed by atoms with E-state index in [1.165, 1.54) is 6.07 Å². The summed E-state index contributed by atoms with van der Waals surface area (Å²) in [6.07, 6.45) is 12.8. The van der Waals surface area contributed by atoms with Crippen LogP contribution < -0.4 is 10.2 Å². The molecule has 8 nitrogen and oxygen atoms in total. The number of halogens is 1. The van der Waals surface area contributed by atoms with Gasteiger partial charge in [0.05, 0.1) is 12.4 Å². The van der Waals surface area contributed by atoms with Gasteiger partial charge in [0.25, 0.3) is 0 Å². The van der Waals surface area contributed by atoms with Gasteiger partial charge in [0.15, 0.2) is 5.82 Å². The Hall–Kier alpha value is -3.36. The van der Waals surface area contributed by atoms with Crippen LogP contribution in [0, 0.1) is 5.82 Å². The van der Waals surface area contributed by atoms with E-state index in [4.69, 9.17) is 4.98 Å². The number of amides is 1. The lowest BCUT2D eigenvalue weighted by Crippen LogP contribution is -2.52. The Balaban J connectivity index is 1.60. The Morgan fingerprint density at radius 2 is 2.03 bits per heavy atom. The van der Waals surface area contributed by atoms with Crippen LogP contribution in [-0.4, -0.2) is 42.5 Å². The summed E-state index contributed by atoms with van der Waals surface area (Å²) < 4.78 is 15.4. The third-order valence-corrected chi connectivity index (χ3v) is 5.82. The molecule has 1 aliphatic carbocycles. The minimum absolute atomic E-state index is 0.0117. The average Bonchev–Trinajstić information content (AvgIpc) is 3.44. The van der Waals surface area contributed by atoms with Crippen LogP contribution in [-0.2, 0) is 4.79 Å². The van der Waals surface area contributed by atoms with E-state index >= 15 is 0 Å². The molecule has 4 heterocycles. The number of rotatable bonds is 4. The molecule has 1 N–H and O–H groups in total. The first-order valence-corrected chi connectivity index (χ1v) is 10.3. The van der Waals surface area contributed by atoms with Crippen molar-refractivity contribution in [2.75, 3.05) is 10.2 Å². The summed E-state index contributed by atoms with van der Waals surface area (Å²) in [5.41, 5.74) is 1.16. The summed E-state index contributed by atoms with van der Waals surface area (Å²) in [6, 6.07) is 1.41. The SMILES string of the molecule is CC[C@@H]1C(=O)Nc2cnc(-n3ccnc3-c3cncc(F)c3)nc2N1C1CCCC1. The maximum Gasteiger partial charge on any atom is 0.247 e. The Morgan fingerprint density at radius 3 is 2.80 bits per heavy atom. The van der Waals surface area contributed by atoms with E-state index < -0.39 is 5.82 Å². The maximum atomic E-state index is 13.7. The largest absolute Gasteiger partial charge is 0.340 e. The van der Waals surface area contributed by atoms with Crippen LogP contribution in [0.25, 0.3) is 17.3 Å². The predicted octanol–water partition coefficient (Wildman–Crippen LogP) is 3.34. The molecule has 5 rings (SSSR count). The summed E-state index contributed by atoms with van der Waals surface area (Å²) in [4.78, 5) is 32.4. The molecule has 3 aromatic heterocycles. The molecule has 3 aromatic rings. The molecule has 0 aromatic carbocycles. The summed E-state index contributed by atoms with van der Waals surface area (Å²) in [6.45, 7) is 2.02. The van der Waals surface area contributed by atoms with Gasteiger partial charge >= 0.3 is 0 Å². The van der Waals surface area contributed by atoms with Crippen LogP contribution in [0.5, 0.6) is 0 Å². The molecule has 9 heteroatoms. The van der Waals surface area contributed by atoms with Crippen molar-refractivity contribution in [2.45, 2.75) is 51.1 Å². The van der Waals surface area contributed by atoms with Crippen LogP contribution in [0.3, 0.4) is 0 Å². The van der Waals surface area contributed by atoms with Crippen LogP contribution in [0.2, 0.25) is 0 Å². The third kappa shape index (κ3) is 3.10. The maximum absolute atomic E-state index is 13.7. The number of nitrogens with one attached hydrogen (secondary N) is 1. The lowest BCUT2D eigenvalue weighted by molar-refractivity contribution is -0.117. The zero-order valence-electron chi connectivity index (χ0n) is 16.6. The zero-order chi connectivity index (χ0) is 20.7. The van der Waals surface area contributed by atoms with Crippen LogP contribution in [0.1, 0.15) is 39.0 Å². The van der Waals surface area contributed by atoms with E-state index in [2.05, 4.69) is 25.2 Å². The van der Waals surface area contributed by atoms with Gasteiger partial charge in [0.1, 0.15) is 23.4 Å². The van der Waals surface area contributed by atoms with Gasteiger partial charge in [-0.15, -0.1) is 0 Å². The van der Waals surface area contributed by atoms with Crippen molar-refractivity contribution in [3.63, 3.8) is 0 Å². The summed E-state index contributed by atoms with van der Waals surface area (Å²) in [5, 5.41) is 2.95. The zero-order valence-corrected chi connectivity index (χ0v) is 16.6. The molecular weight excluding hydrogens is 385 g/mol. The fraction of sp³-hybridized carbons (Fsp3) is 0.381. The average molecular weight is 407 g/mol. The number of carbonyl (C=O) groups excluding carboxylic acids is 1. The first kappa shape index (κ1) is 18.7. The van der Waals surface area contributed by atoms with Crippen molar-refractivity contribution >= 4 is 17.4 Å². The monoisotopic (exact) mass is 407 g/mol. The Kier molecular flexibility index (Phi) is 4.65. The second-order valence-electron chi connectivity index (χ2n) is 7.68. The molecule has 1 saturated carbocycles. The van der Waals surface area contributed by atoms with Crippen LogP contribution in [0.15, 0.2) is 37.1 Å². The molecule has 1 amide bonds. The molecule has 0 radical (unpaired) electrons. The van der Waals surface area contributed by atoms with Gasteiger partial charge in [0.2, 0.25) is 11.9 Å². The van der Waals surface area contributed by atoms with E-state index in [-0.39, 0.29) is 18.0 Å². The molecule has 1 atom stereocenters. The van der Waals surface area contributed by atoms with Gasteiger partial charge in [-0.05, 0) is 25.3 Å². The van der Waals surface area contributed by atoms with Crippen molar-refractivity contribution in [2.24, 2.45) is 0 Å². The molecule has 30 heavy (non-hydrogen) atoms. The quantitative estimate of drug-likeness (QED) is 0.714. The van der Waals surface area contributed by atoms with E-state index in [1.807, 2.05) is 6.92 Å². The van der Waals surface area contributed by atoms with E-state index in [0.29, 0.717) is 29.4 Å². The third-order valence-electron chi connectivity index (χ3n) is 5.82. The Labute approximate surface area is 173 Å². The van der Waals surface area contributed by atoms with Crippen LogP contribution in [0.4, 0.5) is 15.9 Å². The number of imidazole rings is 1. The minimum Gasteiger partial charge on any atom is -0.340 e. The number of pyridine rings is 1. The first-order chi connectivity index (χ1) is 14.7. The topological polar surface area (TPSA) is 88.8 Å². The highest BCUT2D eigenvalue weighted by Gasteiger charge is 2.38. The van der Waals surface area contributed by atoms with Crippen molar-refractivity contribution in [3.05, 3.63) is 42.9 Å². The number of aromatic nitrogens is 5. The number of hydrogen-bond donors (Lipinski definition) is 1. The second kappa shape index (κ2) is 7.47. The fourth-order valence-corrected chi connectivity index (χ4v) is 4.46. The highest BCUT2D eigenvalue weighted by atomic mass is 19.1. The smallest absolute Gasteiger partial charge is 0.247 e. The normalized spacial score (nSPS) is 19.1. The van der Waals surface area contributed by atoms with Crippen molar-refractivity contribution in [3.8, 4) is 17.3 Å². The predicted molar refractivity (Wildman–Crippen MR) is 110 cm³/mol. The molecule has 0 bridgehead atoms. The van der Waals surface area contributed by atoms with Gasteiger partial charge in [-0.1, -0.05) is 19.8 Å². The number of nitrogens with zero attached hydrogens (tertiary/aromatic N) is 6. The standard InChI is InChI=1S/C21H22FN7O/c1-2-17-20(30)26-16-12-25-21(27-19(16)29(17)15-5-3-4-6-15)28-8-7-24-18(28)13-9-14(22)11-23-10-13/h7-12,15,17H,2-6H2,1H3,(H,26,30)/t17-/m1/s1. The number of fused-ring (bicyclic) bond motifs is 1. The Morgan fingerprint density at radius 1 is 1.20 bits per heavy atom. The van der Waals surface area contributed by atoms with E-state index in [9.17, 15) is 9.18 Å². The van der Waals surface area contributed by atoms with Crippen molar-refractivity contribution in [1.82, 2.24) is 24.5 Å². The second-order valence-corrected chi connectivity index (χ2v) is 7.68. The molecule has 0 spiro atoms. The summed E-state index contributed by atoms with van der Waals surface area (Å²) >= 11 is 0. The lowest BCUT2D eigenvalue weighted by atomic mass is 10.0. The van der Waals surface area contributed by atoms with Gasteiger partial charge in [0, 0.05) is 30.2 Å². The summed E-state index contributed by atoms with van der Waals surface area (Å²) in [7, 11) is 0. The Bertz CT molecular complexity index is 1090.